The first-order valence-electron chi connectivity index (χ1n) is 43.9. The van der Waals surface area contributed by atoms with E-state index in [-0.39, 0.29) is 83.5 Å². The van der Waals surface area contributed by atoms with Crippen molar-refractivity contribution in [3.05, 3.63) is 312 Å². The number of benzene rings is 12. The molecule has 16 rings (SSSR count). The van der Waals surface area contributed by atoms with Gasteiger partial charge in [0.1, 0.15) is 0 Å². The van der Waals surface area contributed by atoms with Crippen molar-refractivity contribution in [2.45, 2.75) is 119 Å². The van der Waals surface area contributed by atoms with Crippen molar-refractivity contribution in [1.29, 1.82) is 0 Å². The number of aliphatic imine (C=N–C) groups is 2. The second-order valence-electron chi connectivity index (χ2n) is 33.0. The highest BCUT2D eigenvalue weighted by Gasteiger charge is 2.36. The van der Waals surface area contributed by atoms with Gasteiger partial charge in [-0.25, -0.2) is 0 Å². The van der Waals surface area contributed by atoms with E-state index in [4.69, 9.17) is 22.9 Å². The number of carbonyl (C=O) groups excluding carboxylic acids is 6. The Labute approximate surface area is 726 Å². The van der Waals surface area contributed by atoms with Crippen LogP contribution in [0.2, 0.25) is 0 Å². The van der Waals surface area contributed by atoms with Gasteiger partial charge in [0.25, 0.3) is 17.7 Å². The molecule has 0 aliphatic carbocycles. The minimum atomic E-state index is -0.394. The fourth-order valence-electron chi connectivity index (χ4n) is 17.3. The van der Waals surface area contributed by atoms with Crippen LogP contribution in [-0.2, 0) is 27.3 Å². The molecule has 6 atom stereocenters. The second-order valence-corrected chi connectivity index (χ2v) is 33.0. The van der Waals surface area contributed by atoms with E-state index < -0.39 is 6.04 Å². The SMILES string of the molecule is NC(N)=NCCC[C@@H]1N[C@H](CNC(=O)c2ccc3ccccc3c2)CCN(CCc2ccc3ccccc3c2)C1=O.NC(N)=NCCC[C@@H]1N[C@H](CNC(=O)c2ccc3ccccc3c2)CCN(Cc2cccc3ccccc23)C1=O.O=C(NC[C@@H]1CCN(CC(c2ccccc2)c2ccccc2)C(=O)[C@H](CCCN2CCC2)N1)c1ccc2ccccc2c1. The maximum absolute atomic E-state index is 14.1. The number of likely N-dealkylation sites (tertiary alicyclic amines) is 1. The third-order valence-corrected chi connectivity index (χ3v) is 24.3. The summed E-state index contributed by atoms with van der Waals surface area (Å²) in [6.45, 7) is 9.30. The van der Waals surface area contributed by atoms with Gasteiger partial charge in [0.2, 0.25) is 17.7 Å². The van der Waals surface area contributed by atoms with Crippen LogP contribution in [0.25, 0.3) is 53.9 Å². The number of nitrogens with two attached hydrogens (primary N) is 4. The van der Waals surface area contributed by atoms with Crippen LogP contribution in [0, 0.1) is 0 Å². The molecule has 0 spiro atoms. The largest absolute Gasteiger partial charge is 0.370 e. The lowest BCUT2D eigenvalue weighted by atomic mass is 9.90. The molecule has 0 unspecified atom stereocenters. The number of amides is 6. The molecule has 4 heterocycles. The van der Waals surface area contributed by atoms with Crippen molar-refractivity contribution < 1.29 is 28.8 Å². The van der Waals surface area contributed by atoms with E-state index >= 15 is 0 Å². The number of fused-ring (bicyclic) bond motifs is 5. The fraction of sp³-hybridized carbons (Fsp3) is 0.314. The van der Waals surface area contributed by atoms with Gasteiger partial charge in [0, 0.05) is 113 Å². The molecule has 4 saturated heterocycles. The summed E-state index contributed by atoms with van der Waals surface area (Å²) in [7, 11) is 0. The molecule has 0 aromatic heterocycles. The van der Waals surface area contributed by atoms with Gasteiger partial charge in [0.05, 0.1) is 18.1 Å². The van der Waals surface area contributed by atoms with E-state index in [1.165, 1.54) is 33.9 Å². The molecule has 0 saturated carbocycles. The standard InChI is InChI=1S/C37H42N4O2.C33H38N6O2.C32H36N6O2/c42-36(32-19-18-28-11-7-8-16-31(28)25-32)38-26-33-20-24-41(37(43)35(39-33)17-9-21-40-22-10-23-40)27-34(29-12-3-1-4-13-29)30-14-5-2-6-15-30;34-33(35)36-17-5-10-30-32(41)39(18-15-23-11-12-24-6-1-3-8-26(24)20-23)19-16-29(38-30)22-37-31(40)28-14-13-25-7-2-4-9-27(25)21-28;33-32(34)35-17-6-13-29-31(40)38(21-26-11-5-10-23-8-3-4-12-28(23)26)18-16-27(37-29)20-36-30(39)25-15-14-22-7-1-2-9-24(22)19-25/h1-8,11-16,18-19,25,33-35,39H,9-10,17,20-24,26-27H2,(H,38,42);1-4,6-9,11-14,20-21,29-30,38H,5,10,15-19,22H2,(H,37,40)(H4,34,35,36);1-5,7-12,14-15,19,27,29,37H,6,13,16-18,20-21H2,(H,36,39)(H4,33,34,35)/t33-,35-;29-,30-;27-,29-/m000/s1. The molecule has 6 amide bonds. The predicted molar refractivity (Wildman–Crippen MR) is 500 cm³/mol. The smallest absolute Gasteiger partial charge is 0.251 e. The van der Waals surface area contributed by atoms with E-state index in [1.807, 2.05) is 174 Å². The third-order valence-electron chi connectivity index (χ3n) is 24.3. The lowest BCUT2D eigenvalue weighted by Crippen LogP contribution is -2.49. The number of carbonyl (C=O) groups is 6. The monoisotopic (exact) mass is 1660 g/mol. The zero-order chi connectivity index (χ0) is 85.9. The number of rotatable bonds is 30. The number of hydrogen-bond donors (Lipinski definition) is 10. The Kier molecular flexibility index (Phi) is 30.9. The maximum atomic E-state index is 14.1. The van der Waals surface area contributed by atoms with E-state index in [0.29, 0.717) is 114 Å². The summed E-state index contributed by atoms with van der Waals surface area (Å²) in [5.74, 6) is 0.178. The number of guanidine groups is 2. The topological polar surface area (TPSA) is 316 Å². The molecule has 4 aliphatic rings. The molecule has 640 valence electrons. The van der Waals surface area contributed by atoms with Gasteiger partial charge in [-0.1, -0.05) is 237 Å². The van der Waals surface area contributed by atoms with Gasteiger partial charge in [-0.15, -0.1) is 0 Å². The lowest BCUT2D eigenvalue weighted by molar-refractivity contribution is -0.134. The molecular weight excluding hydrogens is 1550 g/mol. The van der Waals surface area contributed by atoms with Gasteiger partial charge in [-0.05, 0) is 203 Å². The Morgan fingerprint density at radius 1 is 0.379 bits per heavy atom. The molecule has 124 heavy (non-hydrogen) atoms. The Hall–Kier alpha value is -12.9. The molecule has 0 radical (unpaired) electrons. The van der Waals surface area contributed by atoms with Crippen LogP contribution in [0.5, 0.6) is 0 Å². The molecule has 4 aliphatic heterocycles. The molecule has 22 nitrogen and oxygen atoms in total. The summed E-state index contributed by atoms with van der Waals surface area (Å²) in [5.41, 5.74) is 28.6. The van der Waals surface area contributed by atoms with Crippen LogP contribution in [-0.4, -0.2) is 188 Å². The molecule has 14 N–H and O–H groups in total. The number of nitrogens with zero attached hydrogens (tertiary/aromatic N) is 6. The predicted octanol–water partition coefficient (Wildman–Crippen LogP) is 12.6. The van der Waals surface area contributed by atoms with Crippen LogP contribution in [0.4, 0.5) is 0 Å². The second kappa shape index (κ2) is 43.8. The summed E-state index contributed by atoms with van der Waals surface area (Å²) in [6.07, 6.45) is 8.61. The summed E-state index contributed by atoms with van der Waals surface area (Å²) in [6, 6.07) is 90.5. The summed E-state index contributed by atoms with van der Waals surface area (Å²) < 4.78 is 0. The average Bonchev–Trinajstić information content (AvgIpc) is 0.939. The Morgan fingerprint density at radius 3 is 1.21 bits per heavy atom. The average molecular weight is 1660 g/mol. The van der Waals surface area contributed by atoms with Crippen molar-refractivity contribution in [3.8, 4) is 0 Å². The highest BCUT2D eigenvalue weighted by atomic mass is 16.2. The minimum absolute atomic E-state index is 0.0132. The molecule has 12 aromatic rings. The van der Waals surface area contributed by atoms with Crippen molar-refractivity contribution >= 4 is 101 Å². The Balaban J connectivity index is 0.000000151. The number of hydrogen-bond acceptors (Lipinski definition) is 12. The van der Waals surface area contributed by atoms with Crippen molar-refractivity contribution in [2.24, 2.45) is 32.9 Å². The zero-order valence-electron chi connectivity index (χ0n) is 70.6. The molecule has 4 fully saturated rings. The molecular formula is C102H116N16O6. The fourth-order valence-corrected chi connectivity index (χ4v) is 17.3. The first kappa shape index (κ1) is 87.5. The van der Waals surface area contributed by atoms with Gasteiger partial charge < -0.3 is 74.4 Å². The quantitative estimate of drug-likeness (QED) is 0.0114. The third kappa shape index (κ3) is 24.3. The first-order valence-corrected chi connectivity index (χ1v) is 43.9. The van der Waals surface area contributed by atoms with E-state index in [9.17, 15) is 28.8 Å². The normalized spacial score (nSPS) is 18.1. The van der Waals surface area contributed by atoms with Crippen molar-refractivity contribution in [2.75, 3.05) is 85.1 Å². The minimum Gasteiger partial charge on any atom is -0.370 e. The lowest BCUT2D eigenvalue weighted by Gasteiger charge is -2.32. The van der Waals surface area contributed by atoms with Crippen LogP contribution < -0.4 is 54.8 Å². The van der Waals surface area contributed by atoms with Gasteiger partial charge in [-0.2, -0.15) is 0 Å². The maximum Gasteiger partial charge on any atom is 0.251 e. The van der Waals surface area contributed by atoms with Crippen molar-refractivity contribution in [3.63, 3.8) is 0 Å². The first-order chi connectivity index (χ1) is 60.6. The van der Waals surface area contributed by atoms with Gasteiger partial charge in [0.15, 0.2) is 11.9 Å². The van der Waals surface area contributed by atoms with Crippen molar-refractivity contribution in [1.82, 2.24) is 51.5 Å². The summed E-state index contributed by atoms with van der Waals surface area (Å²) in [5, 5.41) is 31.2. The van der Waals surface area contributed by atoms with Crippen LogP contribution in [0.1, 0.15) is 123 Å². The van der Waals surface area contributed by atoms with Crippen LogP contribution in [0.3, 0.4) is 0 Å². The van der Waals surface area contributed by atoms with E-state index in [2.05, 4.69) is 161 Å². The zero-order valence-corrected chi connectivity index (χ0v) is 70.6. The van der Waals surface area contributed by atoms with Gasteiger partial charge >= 0.3 is 0 Å². The Morgan fingerprint density at radius 2 is 0.758 bits per heavy atom. The highest BCUT2D eigenvalue weighted by Crippen LogP contribution is 2.30. The molecule has 12 aromatic carbocycles. The molecule has 22 heteroatoms. The summed E-state index contributed by atoms with van der Waals surface area (Å²) >= 11 is 0. The highest BCUT2D eigenvalue weighted by molar-refractivity contribution is 6.01. The Bertz CT molecular complexity index is 5640. The van der Waals surface area contributed by atoms with Crippen LogP contribution >= 0.6 is 0 Å². The number of nitrogens with one attached hydrogen (secondary N) is 6. The van der Waals surface area contributed by atoms with Crippen LogP contribution in [0.15, 0.2) is 283 Å². The summed E-state index contributed by atoms with van der Waals surface area (Å²) in [4.78, 5) is 97.2. The van der Waals surface area contributed by atoms with Gasteiger partial charge in [-0.3, -0.25) is 38.8 Å². The van der Waals surface area contributed by atoms with E-state index in [0.717, 1.165) is 107 Å². The van der Waals surface area contributed by atoms with E-state index in [1.54, 1.807) is 0 Å². The molecule has 0 bridgehead atoms.